The highest BCUT2D eigenvalue weighted by Gasteiger charge is 2.41. The first-order valence-corrected chi connectivity index (χ1v) is 12.0. The second-order valence-corrected chi connectivity index (χ2v) is 9.10. The lowest BCUT2D eigenvalue weighted by molar-refractivity contribution is -0.0797. The number of aryl methyl sites for hydroxylation is 1. The maximum atomic E-state index is 12.4. The molecular formula is C29H29N3O4. The SMILES string of the molecule is Cc1cn([C@H]2CC(N)[C@@H](COC(c3ccccc3)(c3ccccc3)c3ccccc3)O2)c(=O)[nH]c1=O. The zero-order chi connectivity index (χ0) is 25.1. The Morgan fingerprint density at radius 1 is 0.917 bits per heavy atom. The van der Waals surface area contributed by atoms with Crippen LogP contribution < -0.4 is 17.0 Å². The monoisotopic (exact) mass is 483 g/mol. The molecule has 0 saturated carbocycles. The van der Waals surface area contributed by atoms with Gasteiger partial charge in [-0.05, 0) is 23.6 Å². The summed E-state index contributed by atoms with van der Waals surface area (Å²) in [5, 5.41) is 0. The first-order chi connectivity index (χ1) is 17.5. The summed E-state index contributed by atoms with van der Waals surface area (Å²) in [6.07, 6.45) is 0.902. The molecule has 0 radical (unpaired) electrons. The van der Waals surface area contributed by atoms with E-state index in [2.05, 4.69) is 41.4 Å². The Kier molecular flexibility index (Phi) is 6.69. The van der Waals surface area contributed by atoms with E-state index in [-0.39, 0.29) is 12.6 Å². The maximum absolute atomic E-state index is 12.4. The lowest BCUT2D eigenvalue weighted by atomic mass is 9.80. The van der Waals surface area contributed by atoms with Crippen LogP contribution in [0.5, 0.6) is 0 Å². The van der Waals surface area contributed by atoms with Crippen LogP contribution in [0.3, 0.4) is 0 Å². The number of ether oxygens (including phenoxy) is 2. The van der Waals surface area contributed by atoms with Gasteiger partial charge in [-0.3, -0.25) is 14.3 Å². The Bertz CT molecular complexity index is 1320. The zero-order valence-electron chi connectivity index (χ0n) is 20.0. The molecule has 0 aliphatic carbocycles. The zero-order valence-corrected chi connectivity index (χ0v) is 20.0. The topological polar surface area (TPSA) is 99.3 Å². The Morgan fingerprint density at radius 2 is 1.42 bits per heavy atom. The number of hydrogen-bond acceptors (Lipinski definition) is 5. The molecule has 5 rings (SSSR count). The number of nitrogens with two attached hydrogens (primary N) is 1. The number of nitrogens with one attached hydrogen (secondary N) is 1. The van der Waals surface area contributed by atoms with Crippen LogP contribution in [0.4, 0.5) is 0 Å². The van der Waals surface area contributed by atoms with Crippen LogP contribution >= 0.6 is 0 Å². The summed E-state index contributed by atoms with van der Waals surface area (Å²) in [5.74, 6) is 0. The Labute approximate surface area is 209 Å². The third kappa shape index (κ3) is 4.44. The van der Waals surface area contributed by atoms with E-state index >= 15 is 0 Å². The molecule has 184 valence electrons. The van der Waals surface area contributed by atoms with Gasteiger partial charge in [-0.1, -0.05) is 91.0 Å². The van der Waals surface area contributed by atoms with E-state index in [1.54, 1.807) is 6.92 Å². The Balaban J connectivity index is 1.50. The fourth-order valence-corrected chi connectivity index (χ4v) is 4.86. The van der Waals surface area contributed by atoms with Gasteiger partial charge in [0.2, 0.25) is 0 Å². The molecule has 3 atom stereocenters. The summed E-state index contributed by atoms with van der Waals surface area (Å²) in [4.78, 5) is 26.6. The van der Waals surface area contributed by atoms with Crippen molar-refractivity contribution in [2.75, 3.05) is 6.61 Å². The molecule has 7 heteroatoms. The second kappa shape index (κ2) is 10.1. The molecule has 7 nitrogen and oxygen atoms in total. The second-order valence-electron chi connectivity index (χ2n) is 9.10. The molecule has 0 spiro atoms. The van der Waals surface area contributed by atoms with Gasteiger partial charge in [-0.15, -0.1) is 0 Å². The molecular weight excluding hydrogens is 454 g/mol. The van der Waals surface area contributed by atoms with Crippen LogP contribution in [0, 0.1) is 6.92 Å². The molecule has 1 aromatic heterocycles. The van der Waals surface area contributed by atoms with Crippen LogP contribution in [0.2, 0.25) is 0 Å². The molecule has 3 N–H and O–H groups in total. The van der Waals surface area contributed by atoms with Crippen molar-refractivity contribution in [1.29, 1.82) is 0 Å². The van der Waals surface area contributed by atoms with Crippen molar-refractivity contribution in [3.05, 3.63) is 140 Å². The minimum Gasteiger partial charge on any atom is -0.358 e. The average Bonchev–Trinajstić information content (AvgIpc) is 3.28. The number of hydrogen-bond donors (Lipinski definition) is 2. The van der Waals surface area contributed by atoms with Gasteiger partial charge in [0.25, 0.3) is 5.56 Å². The summed E-state index contributed by atoms with van der Waals surface area (Å²) in [6, 6.07) is 29.9. The van der Waals surface area contributed by atoms with Crippen molar-refractivity contribution >= 4 is 0 Å². The minimum absolute atomic E-state index is 0.202. The molecule has 2 heterocycles. The van der Waals surface area contributed by atoms with E-state index in [0.29, 0.717) is 12.0 Å². The van der Waals surface area contributed by atoms with Gasteiger partial charge in [0.15, 0.2) is 0 Å². The van der Waals surface area contributed by atoms with E-state index in [1.807, 2.05) is 54.6 Å². The van der Waals surface area contributed by atoms with Gasteiger partial charge in [0, 0.05) is 24.2 Å². The minimum atomic E-state index is -0.893. The highest BCUT2D eigenvalue weighted by molar-refractivity contribution is 5.47. The molecule has 0 bridgehead atoms. The fraction of sp³-hybridized carbons (Fsp3) is 0.241. The van der Waals surface area contributed by atoms with E-state index in [4.69, 9.17) is 15.2 Å². The first kappa shape index (κ1) is 23.9. The smallest absolute Gasteiger partial charge is 0.330 e. The standard InChI is InChI=1S/C29H29N3O4/c1-20-18-32(28(34)31-27(20)33)26-17-24(30)25(36-26)19-35-29(21-11-5-2-6-12-21,22-13-7-3-8-14-22)23-15-9-4-10-16-23/h2-16,18,24-26H,17,19,30H2,1H3,(H,31,33,34)/t24?,25-,26-/m1/s1. The third-order valence-corrected chi connectivity index (χ3v) is 6.74. The molecule has 1 aliphatic heterocycles. The van der Waals surface area contributed by atoms with Crippen molar-refractivity contribution < 1.29 is 9.47 Å². The highest BCUT2D eigenvalue weighted by Crippen LogP contribution is 2.41. The largest absolute Gasteiger partial charge is 0.358 e. The normalized spacial score (nSPS) is 19.9. The summed E-state index contributed by atoms with van der Waals surface area (Å²) in [6.45, 7) is 1.85. The molecule has 3 aromatic carbocycles. The molecule has 1 fully saturated rings. The lowest BCUT2D eigenvalue weighted by Gasteiger charge is -2.37. The number of nitrogens with zero attached hydrogens (tertiary/aromatic N) is 1. The predicted octanol–water partition coefficient (Wildman–Crippen LogP) is 3.47. The summed E-state index contributed by atoms with van der Waals surface area (Å²) in [5.41, 5.74) is 8.05. The highest BCUT2D eigenvalue weighted by atomic mass is 16.6. The van der Waals surface area contributed by atoms with Crippen molar-refractivity contribution in [2.24, 2.45) is 5.73 Å². The first-order valence-electron chi connectivity index (χ1n) is 12.0. The van der Waals surface area contributed by atoms with Crippen LogP contribution in [-0.4, -0.2) is 28.3 Å². The van der Waals surface area contributed by atoms with Gasteiger partial charge in [0.05, 0.1) is 12.7 Å². The molecule has 1 unspecified atom stereocenters. The molecule has 0 amide bonds. The fourth-order valence-electron chi connectivity index (χ4n) is 4.86. The van der Waals surface area contributed by atoms with Crippen LogP contribution in [0.1, 0.15) is 34.9 Å². The van der Waals surface area contributed by atoms with E-state index in [1.165, 1.54) is 10.8 Å². The Hall–Kier alpha value is -3.78. The molecule has 1 saturated heterocycles. The number of aromatic amines is 1. The average molecular weight is 484 g/mol. The van der Waals surface area contributed by atoms with Gasteiger partial charge in [0.1, 0.15) is 11.8 Å². The van der Waals surface area contributed by atoms with E-state index < -0.39 is 29.2 Å². The summed E-state index contributed by atoms with van der Waals surface area (Å²) in [7, 11) is 0. The van der Waals surface area contributed by atoms with Crippen molar-refractivity contribution in [3.63, 3.8) is 0 Å². The van der Waals surface area contributed by atoms with Crippen LogP contribution in [-0.2, 0) is 15.1 Å². The van der Waals surface area contributed by atoms with Crippen LogP contribution in [0.15, 0.2) is 107 Å². The predicted molar refractivity (Wildman–Crippen MR) is 138 cm³/mol. The van der Waals surface area contributed by atoms with Gasteiger partial charge >= 0.3 is 5.69 Å². The van der Waals surface area contributed by atoms with Crippen LogP contribution in [0.25, 0.3) is 0 Å². The number of aromatic nitrogens is 2. The van der Waals surface area contributed by atoms with Gasteiger partial charge in [-0.2, -0.15) is 0 Å². The Morgan fingerprint density at radius 3 is 1.92 bits per heavy atom. The van der Waals surface area contributed by atoms with E-state index in [9.17, 15) is 9.59 Å². The maximum Gasteiger partial charge on any atom is 0.330 e. The van der Waals surface area contributed by atoms with Crippen molar-refractivity contribution in [3.8, 4) is 0 Å². The van der Waals surface area contributed by atoms with Crippen molar-refractivity contribution in [1.82, 2.24) is 9.55 Å². The van der Waals surface area contributed by atoms with Gasteiger partial charge < -0.3 is 15.2 Å². The molecule has 36 heavy (non-hydrogen) atoms. The van der Waals surface area contributed by atoms with E-state index in [0.717, 1.165) is 16.7 Å². The number of H-pyrrole nitrogens is 1. The third-order valence-electron chi connectivity index (χ3n) is 6.74. The molecule has 1 aliphatic rings. The quantitative estimate of drug-likeness (QED) is 0.392. The van der Waals surface area contributed by atoms with Crippen molar-refractivity contribution in [2.45, 2.75) is 37.3 Å². The number of benzene rings is 3. The summed E-state index contributed by atoms with van der Waals surface area (Å²) >= 11 is 0. The lowest BCUT2D eigenvalue weighted by Crippen LogP contribution is -2.40. The summed E-state index contributed by atoms with van der Waals surface area (Å²) < 4.78 is 14.5. The number of rotatable bonds is 7. The molecule has 4 aromatic rings. The van der Waals surface area contributed by atoms with Gasteiger partial charge in [-0.25, -0.2) is 4.79 Å².